The van der Waals surface area contributed by atoms with Crippen LogP contribution in [0.4, 0.5) is 4.79 Å². The van der Waals surface area contributed by atoms with Crippen LogP contribution in [0.25, 0.3) is 0 Å². The summed E-state index contributed by atoms with van der Waals surface area (Å²) in [5, 5.41) is 25.1. The highest BCUT2D eigenvalue weighted by Crippen LogP contribution is 2.24. The molecular weight excluding hydrogens is 495 g/mol. The third kappa shape index (κ3) is 9.71. The molecule has 2 N–H and O–H groups in total. The predicted molar refractivity (Wildman–Crippen MR) is 134 cm³/mol. The summed E-state index contributed by atoms with van der Waals surface area (Å²) in [6.45, 7) is 0.0160. The van der Waals surface area contributed by atoms with Crippen molar-refractivity contribution >= 4 is 47.2 Å². The van der Waals surface area contributed by atoms with E-state index in [-0.39, 0.29) is 6.54 Å². The molecule has 12 heteroatoms. The molecule has 0 spiro atoms. The molecule has 35 heavy (non-hydrogen) atoms. The molecule has 2 aromatic carbocycles. The molecule has 2 amide bonds. The Morgan fingerprint density at radius 1 is 1.06 bits per heavy atom. The Labute approximate surface area is 213 Å². The highest BCUT2D eigenvalue weighted by atomic mass is 35.5. The number of nitrogens with one attached hydrogen (secondary N) is 1. The number of Topliss-reactive ketones (excluding diaryl/α,β-unsaturated/α-hetero) is 1. The average molecular weight is 521 g/mol. The van der Waals surface area contributed by atoms with Crippen molar-refractivity contribution in [1.29, 1.82) is 0 Å². The minimum atomic E-state index is -1.23. The molecule has 0 aliphatic carbocycles. The molecule has 0 bridgehead atoms. The summed E-state index contributed by atoms with van der Waals surface area (Å²) in [5.74, 6) is -1.76. The fourth-order valence-corrected chi connectivity index (χ4v) is 3.51. The number of rotatable bonds is 12. The molecule has 0 saturated heterocycles. The van der Waals surface area contributed by atoms with E-state index in [0.717, 1.165) is 5.56 Å². The number of urea groups is 1. The molecule has 0 aromatic heterocycles. The van der Waals surface area contributed by atoms with Crippen molar-refractivity contribution in [3.05, 3.63) is 69.7 Å². The van der Waals surface area contributed by atoms with E-state index in [1.54, 1.807) is 25.2 Å². The molecule has 0 fully saturated rings. The van der Waals surface area contributed by atoms with Gasteiger partial charge < -0.3 is 15.3 Å². The van der Waals surface area contributed by atoms with Gasteiger partial charge in [-0.05, 0) is 28.5 Å². The standard InChI is InChI=1S/C23H26Cl2N6O4/c1-30(14-16-7-4-3-5-8-16)23(35)27-20(13-22(33)34)21(32)15-31(2)29-28-26-12-11-17-18(24)9-6-10-19(17)25/h3-10,12,20H,11,13-15H2,1-2H3,(H,27,35)(H,33,34)/b26-12+,29-28-. The number of aliphatic carboxylic acids is 1. The van der Waals surface area contributed by atoms with E-state index in [2.05, 4.69) is 20.9 Å². The molecule has 10 nitrogen and oxygen atoms in total. The number of carbonyl (C=O) groups excluding carboxylic acids is 2. The van der Waals surface area contributed by atoms with Gasteiger partial charge in [-0.2, -0.15) is 0 Å². The second-order valence-corrected chi connectivity index (χ2v) is 8.42. The SMILES string of the molecule is CN(CC(=O)C(CC(=O)O)NC(=O)N(C)Cc1ccccc1)/N=N\N=C\Cc1c(Cl)cccc1Cl. The smallest absolute Gasteiger partial charge is 0.318 e. The Balaban J connectivity index is 1.90. The number of carboxylic acid groups (broad SMARTS) is 1. The van der Waals surface area contributed by atoms with Crippen LogP contribution in [0.15, 0.2) is 64.1 Å². The minimum absolute atomic E-state index is 0.282. The van der Waals surface area contributed by atoms with Gasteiger partial charge >= 0.3 is 12.0 Å². The molecule has 2 rings (SSSR count). The lowest BCUT2D eigenvalue weighted by atomic mass is 10.1. The normalized spacial score (nSPS) is 12.0. The van der Waals surface area contributed by atoms with Gasteiger partial charge in [-0.25, -0.2) is 4.79 Å². The first-order chi connectivity index (χ1) is 16.7. The lowest BCUT2D eigenvalue weighted by Gasteiger charge is -2.23. The summed E-state index contributed by atoms with van der Waals surface area (Å²) in [4.78, 5) is 37.8. The van der Waals surface area contributed by atoms with Crippen LogP contribution >= 0.6 is 23.2 Å². The maximum absolute atomic E-state index is 12.6. The zero-order chi connectivity index (χ0) is 25.8. The topological polar surface area (TPSA) is 127 Å². The summed E-state index contributed by atoms with van der Waals surface area (Å²) in [5.41, 5.74) is 1.59. The highest BCUT2D eigenvalue weighted by molar-refractivity contribution is 6.36. The number of halogens is 2. The zero-order valence-corrected chi connectivity index (χ0v) is 20.8. The first-order valence-corrected chi connectivity index (χ1v) is 11.3. The Hall–Kier alpha value is -3.50. The van der Waals surface area contributed by atoms with Gasteiger partial charge in [0.25, 0.3) is 0 Å². The maximum atomic E-state index is 12.6. The van der Waals surface area contributed by atoms with Crippen LogP contribution in [-0.2, 0) is 22.6 Å². The Morgan fingerprint density at radius 3 is 2.34 bits per heavy atom. The number of carboxylic acids is 1. The molecule has 0 heterocycles. The van der Waals surface area contributed by atoms with Gasteiger partial charge in [0.05, 0.1) is 13.0 Å². The fourth-order valence-electron chi connectivity index (χ4n) is 2.96. The Morgan fingerprint density at radius 2 is 1.71 bits per heavy atom. The lowest BCUT2D eigenvalue weighted by Crippen LogP contribution is -2.49. The zero-order valence-electron chi connectivity index (χ0n) is 19.3. The van der Waals surface area contributed by atoms with Crippen LogP contribution in [0, 0.1) is 0 Å². The number of hydrogen-bond acceptors (Lipinski definition) is 5. The van der Waals surface area contributed by atoms with Crippen molar-refractivity contribution in [1.82, 2.24) is 15.2 Å². The van der Waals surface area contributed by atoms with E-state index in [1.807, 2.05) is 30.3 Å². The summed E-state index contributed by atoms with van der Waals surface area (Å²) in [6, 6.07) is 12.6. The van der Waals surface area contributed by atoms with E-state index < -0.39 is 30.2 Å². The van der Waals surface area contributed by atoms with Gasteiger partial charge in [-0.15, -0.1) is 5.10 Å². The van der Waals surface area contributed by atoms with Gasteiger partial charge in [0.1, 0.15) is 6.04 Å². The van der Waals surface area contributed by atoms with Gasteiger partial charge in [0.15, 0.2) is 5.78 Å². The second kappa shape index (κ2) is 14.0. The highest BCUT2D eigenvalue weighted by Gasteiger charge is 2.25. The Bertz CT molecular complexity index is 1060. The van der Waals surface area contributed by atoms with Gasteiger partial charge in [-0.3, -0.25) is 14.6 Å². The Kier molecular flexibility index (Phi) is 11.1. The van der Waals surface area contributed by atoms with Gasteiger partial charge in [-0.1, -0.05) is 64.8 Å². The first kappa shape index (κ1) is 27.7. The molecular formula is C23H26Cl2N6O4. The van der Waals surface area contributed by atoms with Crippen LogP contribution in [0.1, 0.15) is 17.5 Å². The molecule has 0 aliphatic rings. The quantitative estimate of drug-likeness (QED) is 0.247. The molecule has 1 unspecified atom stereocenters. The second-order valence-electron chi connectivity index (χ2n) is 7.60. The first-order valence-electron chi connectivity index (χ1n) is 10.5. The van der Waals surface area contributed by atoms with E-state index in [9.17, 15) is 19.5 Å². The molecule has 1 atom stereocenters. The maximum Gasteiger partial charge on any atom is 0.318 e. The largest absolute Gasteiger partial charge is 0.481 e. The predicted octanol–water partition coefficient (Wildman–Crippen LogP) is 4.07. The number of likely N-dealkylation sites (N-methyl/N-ethyl adjacent to an activating group) is 1. The van der Waals surface area contributed by atoms with Crippen LogP contribution in [0.5, 0.6) is 0 Å². The average Bonchev–Trinajstić information content (AvgIpc) is 2.80. The number of nitrogens with zero attached hydrogens (tertiary/aromatic N) is 5. The van der Waals surface area contributed by atoms with Crippen LogP contribution in [-0.4, -0.2) is 65.7 Å². The third-order valence-corrected chi connectivity index (χ3v) is 5.45. The van der Waals surface area contributed by atoms with Crippen molar-refractivity contribution in [2.45, 2.75) is 25.4 Å². The van der Waals surface area contributed by atoms with Crippen molar-refractivity contribution in [2.75, 3.05) is 20.6 Å². The minimum Gasteiger partial charge on any atom is -0.481 e. The van der Waals surface area contributed by atoms with Crippen LogP contribution in [0.2, 0.25) is 10.0 Å². The number of amides is 2. The summed E-state index contributed by atoms with van der Waals surface area (Å²) >= 11 is 12.2. The fraction of sp³-hybridized carbons (Fsp3) is 0.304. The van der Waals surface area contributed by atoms with Crippen LogP contribution < -0.4 is 5.32 Å². The van der Waals surface area contributed by atoms with Crippen molar-refractivity contribution < 1.29 is 19.5 Å². The lowest BCUT2D eigenvalue weighted by molar-refractivity contribution is -0.139. The van der Waals surface area contributed by atoms with Gasteiger partial charge in [0.2, 0.25) is 0 Å². The van der Waals surface area contributed by atoms with Crippen LogP contribution in [0.3, 0.4) is 0 Å². The molecule has 2 aromatic rings. The monoisotopic (exact) mass is 520 g/mol. The molecule has 186 valence electrons. The van der Waals surface area contributed by atoms with E-state index in [4.69, 9.17) is 23.2 Å². The summed E-state index contributed by atoms with van der Waals surface area (Å²) in [6.07, 6.45) is 1.23. The number of carbonyl (C=O) groups is 3. The van der Waals surface area contributed by atoms with Crippen molar-refractivity contribution in [2.24, 2.45) is 15.5 Å². The molecule has 0 radical (unpaired) electrons. The third-order valence-electron chi connectivity index (χ3n) is 4.74. The number of ketones is 1. The summed E-state index contributed by atoms with van der Waals surface area (Å²) < 4.78 is 0. The molecule has 0 aliphatic heterocycles. The summed E-state index contributed by atoms with van der Waals surface area (Å²) in [7, 11) is 3.03. The molecule has 0 saturated carbocycles. The number of hydrogen-bond donors (Lipinski definition) is 2. The van der Waals surface area contributed by atoms with E-state index in [0.29, 0.717) is 28.6 Å². The van der Waals surface area contributed by atoms with E-state index in [1.165, 1.54) is 23.2 Å². The number of benzene rings is 2. The van der Waals surface area contributed by atoms with Gasteiger partial charge in [0, 0.05) is 43.3 Å². The van der Waals surface area contributed by atoms with Crippen molar-refractivity contribution in [3.63, 3.8) is 0 Å². The van der Waals surface area contributed by atoms with Crippen molar-refractivity contribution in [3.8, 4) is 0 Å². The van der Waals surface area contributed by atoms with E-state index >= 15 is 0 Å².